The zero-order chi connectivity index (χ0) is 11.3. The molecule has 15 heavy (non-hydrogen) atoms. The highest BCUT2D eigenvalue weighted by atomic mass is 16.5. The fourth-order valence-electron chi connectivity index (χ4n) is 1.04. The molecule has 1 unspecified atom stereocenters. The standard InChI is InChI=1S/C8H14N4O3/c1-15-3-2-12-5-6(10-11-12)4-7(9)8(13)14/h5,7H,2-4,9H2,1H3,(H,13,14). The summed E-state index contributed by atoms with van der Waals surface area (Å²) in [4.78, 5) is 10.5. The molecule has 1 aromatic heterocycles. The van der Waals surface area contributed by atoms with E-state index in [0.717, 1.165) is 0 Å². The highest BCUT2D eigenvalue weighted by Crippen LogP contribution is 1.97. The summed E-state index contributed by atoms with van der Waals surface area (Å²) in [6.07, 6.45) is 1.85. The van der Waals surface area contributed by atoms with Crippen molar-refractivity contribution in [2.24, 2.45) is 5.73 Å². The first-order chi connectivity index (χ1) is 7.13. The van der Waals surface area contributed by atoms with Gasteiger partial charge in [-0.15, -0.1) is 5.10 Å². The molecule has 0 spiro atoms. The predicted octanol–water partition coefficient (Wildman–Crippen LogP) is -1.12. The molecular formula is C8H14N4O3. The number of hydrogen-bond acceptors (Lipinski definition) is 5. The molecule has 1 heterocycles. The van der Waals surface area contributed by atoms with E-state index in [4.69, 9.17) is 15.6 Å². The van der Waals surface area contributed by atoms with Crippen LogP contribution in [0.15, 0.2) is 6.20 Å². The van der Waals surface area contributed by atoms with Crippen LogP contribution in [-0.2, 0) is 22.5 Å². The van der Waals surface area contributed by atoms with Crippen LogP contribution in [0.2, 0.25) is 0 Å². The molecule has 0 bridgehead atoms. The lowest BCUT2D eigenvalue weighted by atomic mass is 10.2. The molecule has 0 aliphatic heterocycles. The zero-order valence-electron chi connectivity index (χ0n) is 8.46. The highest BCUT2D eigenvalue weighted by Gasteiger charge is 2.14. The average molecular weight is 214 g/mol. The van der Waals surface area contributed by atoms with Crippen molar-refractivity contribution in [1.29, 1.82) is 0 Å². The van der Waals surface area contributed by atoms with Gasteiger partial charge in [-0.25, -0.2) is 4.68 Å². The number of methoxy groups -OCH3 is 1. The fourth-order valence-corrected chi connectivity index (χ4v) is 1.04. The largest absolute Gasteiger partial charge is 0.480 e. The third-order valence-corrected chi connectivity index (χ3v) is 1.86. The van der Waals surface area contributed by atoms with Gasteiger partial charge in [0.05, 0.1) is 18.8 Å². The molecule has 0 fully saturated rings. The number of nitrogens with zero attached hydrogens (tertiary/aromatic N) is 3. The predicted molar refractivity (Wildman–Crippen MR) is 51.2 cm³/mol. The lowest BCUT2D eigenvalue weighted by molar-refractivity contribution is -0.138. The Balaban J connectivity index is 2.49. The molecule has 7 heteroatoms. The first-order valence-electron chi connectivity index (χ1n) is 4.50. The minimum Gasteiger partial charge on any atom is -0.480 e. The number of ether oxygens (including phenoxy) is 1. The van der Waals surface area contributed by atoms with Gasteiger partial charge in [-0.2, -0.15) is 0 Å². The van der Waals surface area contributed by atoms with Crippen LogP contribution in [-0.4, -0.2) is 45.8 Å². The van der Waals surface area contributed by atoms with E-state index in [-0.39, 0.29) is 6.42 Å². The van der Waals surface area contributed by atoms with Crippen molar-refractivity contribution < 1.29 is 14.6 Å². The van der Waals surface area contributed by atoms with Crippen LogP contribution in [0.5, 0.6) is 0 Å². The van der Waals surface area contributed by atoms with E-state index < -0.39 is 12.0 Å². The van der Waals surface area contributed by atoms with Crippen LogP contribution in [0.25, 0.3) is 0 Å². The van der Waals surface area contributed by atoms with E-state index in [0.29, 0.717) is 18.8 Å². The Morgan fingerprint density at radius 1 is 1.80 bits per heavy atom. The van der Waals surface area contributed by atoms with Crippen LogP contribution in [0.4, 0.5) is 0 Å². The molecule has 0 aliphatic rings. The van der Waals surface area contributed by atoms with Crippen molar-refractivity contribution in [3.05, 3.63) is 11.9 Å². The number of aromatic nitrogens is 3. The highest BCUT2D eigenvalue weighted by molar-refractivity contribution is 5.73. The van der Waals surface area contributed by atoms with E-state index in [2.05, 4.69) is 10.3 Å². The molecule has 7 nitrogen and oxygen atoms in total. The molecule has 0 radical (unpaired) electrons. The minimum atomic E-state index is -1.04. The van der Waals surface area contributed by atoms with Gasteiger partial charge in [-0.3, -0.25) is 4.79 Å². The average Bonchev–Trinajstić information content (AvgIpc) is 2.62. The molecular weight excluding hydrogens is 200 g/mol. The monoisotopic (exact) mass is 214 g/mol. The van der Waals surface area contributed by atoms with Gasteiger partial charge in [-0.1, -0.05) is 5.21 Å². The molecule has 0 aromatic carbocycles. The van der Waals surface area contributed by atoms with Crippen LogP contribution in [0, 0.1) is 0 Å². The third-order valence-electron chi connectivity index (χ3n) is 1.86. The van der Waals surface area contributed by atoms with Gasteiger partial charge in [0.25, 0.3) is 0 Å². The van der Waals surface area contributed by atoms with E-state index in [1.807, 2.05) is 0 Å². The van der Waals surface area contributed by atoms with Crippen LogP contribution >= 0.6 is 0 Å². The summed E-state index contributed by atoms with van der Waals surface area (Å²) in [5.74, 6) is -1.04. The number of nitrogens with two attached hydrogens (primary N) is 1. The lowest BCUT2D eigenvalue weighted by Gasteiger charge is -2.01. The maximum Gasteiger partial charge on any atom is 0.320 e. The Hall–Kier alpha value is -1.47. The number of carboxylic acids is 1. The van der Waals surface area contributed by atoms with Gasteiger partial charge in [-0.05, 0) is 0 Å². The van der Waals surface area contributed by atoms with Gasteiger partial charge in [0.1, 0.15) is 6.04 Å². The Bertz CT molecular complexity index is 325. The maximum absolute atomic E-state index is 10.5. The number of hydrogen-bond donors (Lipinski definition) is 2. The van der Waals surface area contributed by atoms with Gasteiger partial charge in [0.2, 0.25) is 0 Å². The first-order valence-corrected chi connectivity index (χ1v) is 4.50. The summed E-state index contributed by atoms with van der Waals surface area (Å²) < 4.78 is 6.46. The summed E-state index contributed by atoms with van der Waals surface area (Å²) in [6, 6.07) is -0.933. The SMILES string of the molecule is COCCn1cc(CC(N)C(=O)O)nn1. The third kappa shape index (κ3) is 3.64. The number of aliphatic carboxylic acids is 1. The molecule has 0 saturated carbocycles. The van der Waals surface area contributed by atoms with E-state index in [1.54, 1.807) is 18.0 Å². The Kier molecular flexibility index (Phi) is 4.19. The first kappa shape index (κ1) is 11.6. The minimum absolute atomic E-state index is 0.183. The number of carbonyl (C=O) groups is 1. The van der Waals surface area contributed by atoms with Gasteiger partial charge in [0, 0.05) is 19.7 Å². The molecule has 0 amide bonds. The Labute approximate surface area is 86.8 Å². The number of carboxylic acid groups (broad SMARTS) is 1. The number of rotatable bonds is 6. The van der Waals surface area contributed by atoms with Crippen molar-refractivity contribution in [2.45, 2.75) is 19.0 Å². The zero-order valence-corrected chi connectivity index (χ0v) is 8.46. The van der Waals surface area contributed by atoms with Crippen LogP contribution in [0.3, 0.4) is 0 Å². The summed E-state index contributed by atoms with van der Waals surface area (Å²) in [5.41, 5.74) is 5.93. The Morgan fingerprint density at radius 2 is 2.53 bits per heavy atom. The topological polar surface area (TPSA) is 103 Å². The molecule has 0 saturated heterocycles. The van der Waals surface area contributed by atoms with E-state index >= 15 is 0 Å². The molecule has 3 N–H and O–H groups in total. The van der Waals surface area contributed by atoms with Crippen molar-refractivity contribution >= 4 is 5.97 Å². The second kappa shape index (κ2) is 5.42. The van der Waals surface area contributed by atoms with Crippen molar-refractivity contribution in [2.75, 3.05) is 13.7 Å². The second-order valence-corrected chi connectivity index (χ2v) is 3.11. The molecule has 1 atom stereocenters. The fraction of sp³-hybridized carbons (Fsp3) is 0.625. The van der Waals surface area contributed by atoms with Crippen molar-refractivity contribution in [1.82, 2.24) is 15.0 Å². The summed E-state index contributed by atoms with van der Waals surface area (Å²) in [7, 11) is 1.60. The van der Waals surface area contributed by atoms with Gasteiger partial charge in [0.15, 0.2) is 0 Å². The molecule has 1 aromatic rings. The summed E-state index contributed by atoms with van der Waals surface area (Å²) >= 11 is 0. The van der Waals surface area contributed by atoms with E-state index in [9.17, 15) is 4.79 Å². The summed E-state index contributed by atoms with van der Waals surface area (Å²) in [6.45, 7) is 1.12. The van der Waals surface area contributed by atoms with Crippen LogP contribution in [0.1, 0.15) is 5.69 Å². The molecule has 84 valence electrons. The maximum atomic E-state index is 10.5. The van der Waals surface area contributed by atoms with Crippen LogP contribution < -0.4 is 5.73 Å². The molecule has 0 aliphatic carbocycles. The normalized spacial score (nSPS) is 12.7. The van der Waals surface area contributed by atoms with Gasteiger partial charge >= 0.3 is 5.97 Å². The van der Waals surface area contributed by atoms with Crippen molar-refractivity contribution in [3.8, 4) is 0 Å². The smallest absolute Gasteiger partial charge is 0.320 e. The second-order valence-electron chi connectivity index (χ2n) is 3.11. The van der Waals surface area contributed by atoms with E-state index in [1.165, 1.54) is 0 Å². The molecule has 1 rings (SSSR count). The quantitative estimate of drug-likeness (QED) is 0.621. The van der Waals surface area contributed by atoms with Gasteiger partial charge < -0.3 is 15.6 Å². The summed E-state index contributed by atoms with van der Waals surface area (Å²) in [5, 5.41) is 16.2. The Morgan fingerprint density at radius 3 is 3.13 bits per heavy atom. The van der Waals surface area contributed by atoms with Crippen molar-refractivity contribution in [3.63, 3.8) is 0 Å². The lowest BCUT2D eigenvalue weighted by Crippen LogP contribution is -2.32.